The van der Waals surface area contributed by atoms with Crippen LogP contribution in [0.3, 0.4) is 0 Å². The average Bonchev–Trinajstić information content (AvgIpc) is 2.81. The lowest BCUT2D eigenvalue weighted by atomic mass is 10.2. The molecule has 1 aromatic heterocycles. The third kappa shape index (κ3) is 7.58. The molecule has 1 heterocycles. The van der Waals surface area contributed by atoms with Crippen molar-refractivity contribution in [2.45, 2.75) is 32.9 Å². The van der Waals surface area contributed by atoms with E-state index in [1.165, 1.54) is 4.88 Å². The number of nitrogens with zero attached hydrogens (tertiary/aromatic N) is 1. The van der Waals surface area contributed by atoms with Crippen molar-refractivity contribution in [1.29, 1.82) is 0 Å². The van der Waals surface area contributed by atoms with Gasteiger partial charge >= 0.3 is 6.09 Å². The summed E-state index contributed by atoms with van der Waals surface area (Å²) < 4.78 is 11.6. The summed E-state index contributed by atoms with van der Waals surface area (Å²) in [4.78, 5) is 15.1. The number of carbonyl (C=O) groups excluding carboxylic acids is 1. The molecule has 0 aliphatic rings. The monoisotopic (exact) mass is 392 g/mol. The minimum absolute atomic E-state index is 0.302. The molecule has 0 bridgehead atoms. The van der Waals surface area contributed by atoms with Crippen molar-refractivity contribution in [3.8, 4) is 0 Å². The summed E-state index contributed by atoms with van der Waals surface area (Å²) in [5.41, 5.74) is -0.488. The molecular formula is C15H25BrN2O3S. The molecule has 0 aromatic carbocycles. The molecule has 1 amide bonds. The van der Waals surface area contributed by atoms with E-state index in [9.17, 15) is 4.79 Å². The minimum Gasteiger partial charge on any atom is -0.444 e. The molecule has 5 nitrogen and oxygen atoms in total. The maximum absolute atomic E-state index is 12.2. The van der Waals surface area contributed by atoms with Gasteiger partial charge in [0.05, 0.1) is 6.61 Å². The number of thiophene rings is 1. The fourth-order valence-electron chi connectivity index (χ4n) is 1.69. The van der Waals surface area contributed by atoms with Crippen LogP contribution in [0.5, 0.6) is 0 Å². The molecule has 0 aliphatic carbocycles. The van der Waals surface area contributed by atoms with Crippen LogP contribution in [0.1, 0.15) is 25.6 Å². The van der Waals surface area contributed by atoms with Gasteiger partial charge in [-0.05, 0) is 48.1 Å². The van der Waals surface area contributed by atoms with Gasteiger partial charge in [-0.2, -0.15) is 0 Å². The van der Waals surface area contributed by atoms with Crippen LogP contribution in [-0.4, -0.2) is 49.9 Å². The van der Waals surface area contributed by atoms with E-state index in [1.54, 1.807) is 23.3 Å². The topological polar surface area (TPSA) is 50.8 Å². The Morgan fingerprint density at radius 2 is 2.14 bits per heavy atom. The Bertz CT molecular complexity index is 460. The third-order valence-electron chi connectivity index (χ3n) is 2.75. The number of hydrogen-bond acceptors (Lipinski definition) is 5. The molecule has 1 aromatic rings. The standard InChI is InChI=1S/C15H25BrN2O3S/c1-15(2,3)21-14(19)18(8-9-20-4)7-6-17-11-13-12(16)5-10-22-13/h5,10,17H,6-9,11H2,1-4H3. The van der Waals surface area contributed by atoms with E-state index in [-0.39, 0.29) is 6.09 Å². The van der Waals surface area contributed by atoms with E-state index in [0.29, 0.717) is 26.2 Å². The highest BCUT2D eigenvalue weighted by molar-refractivity contribution is 9.10. The molecule has 1 rings (SSSR count). The van der Waals surface area contributed by atoms with Crippen molar-refractivity contribution in [2.75, 3.05) is 33.4 Å². The molecule has 0 unspecified atom stereocenters. The van der Waals surface area contributed by atoms with Crippen LogP contribution in [0, 0.1) is 0 Å². The first kappa shape index (κ1) is 19.4. The molecule has 0 spiro atoms. The third-order valence-corrected chi connectivity index (χ3v) is 4.68. The molecule has 7 heteroatoms. The first-order valence-corrected chi connectivity index (χ1v) is 8.90. The Morgan fingerprint density at radius 3 is 2.68 bits per heavy atom. The Hall–Kier alpha value is -0.630. The highest BCUT2D eigenvalue weighted by atomic mass is 79.9. The van der Waals surface area contributed by atoms with E-state index in [2.05, 4.69) is 21.2 Å². The van der Waals surface area contributed by atoms with Crippen LogP contribution in [-0.2, 0) is 16.0 Å². The molecule has 0 saturated carbocycles. The van der Waals surface area contributed by atoms with E-state index in [1.807, 2.05) is 32.2 Å². The van der Waals surface area contributed by atoms with Gasteiger partial charge in [0.2, 0.25) is 0 Å². The van der Waals surface area contributed by atoms with Crippen LogP contribution in [0.25, 0.3) is 0 Å². The number of nitrogens with one attached hydrogen (secondary N) is 1. The van der Waals surface area contributed by atoms with Crippen molar-refractivity contribution >= 4 is 33.4 Å². The molecule has 0 aliphatic heterocycles. The van der Waals surface area contributed by atoms with E-state index in [4.69, 9.17) is 9.47 Å². The van der Waals surface area contributed by atoms with Crippen LogP contribution >= 0.6 is 27.3 Å². The lowest BCUT2D eigenvalue weighted by Gasteiger charge is -2.27. The zero-order valence-corrected chi connectivity index (χ0v) is 16.1. The molecule has 1 N–H and O–H groups in total. The Balaban J connectivity index is 2.40. The van der Waals surface area contributed by atoms with Gasteiger partial charge in [-0.1, -0.05) is 0 Å². The SMILES string of the molecule is COCCN(CCNCc1sccc1Br)C(=O)OC(C)(C)C. The van der Waals surface area contributed by atoms with Gasteiger partial charge < -0.3 is 19.7 Å². The first-order chi connectivity index (χ1) is 10.3. The summed E-state index contributed by atoms with van der Waals surface area (Å²) in [5.74, 6) is 0. The number of carbonyl (C=O) groups is 1. The van der Waals surface area contributed by atoms with Gasteiger partial charge in [-0.15, -0.1) is 11.3 Å². The molecular weight excluding hydrogens is 368 g/mol. The number of methoxy groups -OCH3 is 1. The summed E-state index contributed by atoms with van der Waals surface area (Å²) in [5, 5.41) is 5.39. The maximum atomic E-state index is 12.2. The summed E-state index contributed by atoms with van der Waals surface area (Å²) in [7, 11) is 1.62. The summed E-state index contributed by atoms with van der Waals surface area (Å²) in [6.45, 7) is 8.69. The maximum Gasteiger partial charge on any atom is 0.410 e. The molecule has 126 valence electrons. The number of hydrogen-bond donors (Lipinski definition) is 1. The van der Waals surface area contributed by atoms with Gasteiger partial charge in [0.25, 0.3) is 0 Å². The second-order valence-electron chi connectivity index (χ2n) is 5.83. The Morgan fingerprint density at radius 1 is 1.41 bits per heavy atom. The van der Waals surface area contributed by atoms with Gasteiger partial charge in [0, 0.05) is 42.6 Å². The van der Waals surface area contributed by atoms with Crippen LogP contribution < -0.4 is 5.32 Å². The van der Waals surface area contributed by atoms with Gasteiger partial charge in [0.15, 0.2) is 0 Å². The lowest BCUT2D eigenvalue weighted by molar-refractivity contribution is 0.0204. The Labute approximate surface area is 145 Å². The molecule has 0 fully saturated rings. The highest BCUT2D eigenvalue weighted by Crippen LogP contribution is 2.22. The van der Waals surface area contributed by atoms with Crippen molar-refractivity contribution in [2.24, 2.45) is 0 Å². The van der Waals surface area contributed by atoms with Crippen molar-refractivity contribution in [1.82, 2.24) is 10.2 Å². The van der Waals surface area contributed by atoms with Crippen molar-refractivity contribution < 1.29 is 14.3 Å². The minimum atomic E-state index is -0.488. The van der Waals surface area contributed by atoms with Gasteiger partial charge in [0.1, 0.15) is 5.60 Å². The van der Waals surface area contributed by atoms with E-state index in [0.717, 1.165) is 11.0 Å². The number of halogens is 1. The summed E-state index contributed by atoms with van der Waals surface area (Å²) >= 11 is 5.21. The quantitative estimate of drug-likeness (QED) is 0.687. The predicted molar refractivity (Wildman–Crippen MR) is 93.4 cm³/mol. The second kappa shape index (κ2) is 9.50. The summed E-state index contributed by atoms with van der Waals surface area (Å²) in [6.07, 6.45) is -0.302. The second-order valence-corrected chi connectivity index (χ2v) is 7.68. The predicted octanol–water partition coefficient (Wildman–Crippen LogP) is 3.48. The normalized spacial score (nSPS) is 11.5. The summed E-state index contributed by atoms with van der Waals surface area (Å²) in [6, 6.07) is 2.03. The highest BCUT2D eigenvalue weighted by Gasteiger charge is 2.21. The number of amides is 1. The van der Waals surface area contributed by atoms with E-state index >= 15 is 0 Å². The molecule has 22 heavy (non-hydrogen) atoms. The molecule has 0 atom stereocenters. The van der Waals surface area contributed by atoms with Gasteiger partial charge in [-0.25, -0.2) is 4.79 Å². The number of ether oxygens (including phenoxy) is 2. The van der Waals surface area contributed by atoms with Gasteiger partial charge in [-0.3, -0.25) is 0 Å². The number of rotatable bonds is 8. The average molecular weight is 393 g/mol. The zero-order valence-electron chi connectivity index (χ0n) is 13.6. The largest absolute Gasteiger partial charge is 0.444 e. The molecule has 0 radical (unpaired) electrons. The van der Waals surface area contributed by atoms with Crippen LogP contribution in [0.4, 0.5) is 4.79 Å². The van der Waals surface area contributed by atoms with E-state index < -0.39 is 5.60 Å². The Kier molecular flexibility index (Phi) is 8.38. The van der Waals surface area contributed by atoms with Crippen LogP contribution in [0.15, 0.2) is 15.9 Å². The van der Waals surface area contributed by atoms with Crippen molar-refractivity contribution in [3.05, 3.63) is 20.8 Å². The first-order valence-electron chi connectivity index (χ1n) is 7.23. The van der Waals surface area contributed by atoms with Crippen LogP contribution in [0.2, 0.25) is 0 Å². The zero-order chi connectivity index (χ0) is 16.6. The lowest BCUT2D eigenvalue weighted by Crippen LogP contribution is -2.42. The molecule has 0 saturated heterocycles. The fourth-order valence-corrected chi connectivity index (χ4v) is 3.15. The smallest absolute Gasteiger partial charge is 0.410 e. The van der Waals surface area contributed by atoms with Crippen molar-refractivity contribution in [3.63, 3.8) is 0 Å². The fraction of sp³-hybridized carbons (Fsp3) is 0.667.